The van der Waals surface area contributed by atoms with Crippen LogP contribution < -0.4 is 11.1 Å². The van der Waals surface area contributed by atoms with Crippen LogP contribution in [0.25, 0.3) is 0 Å². The molecule has 1 saturated carbocycles. The van der Waals surface area contributed by atoms with Gasteiger partial charge in [-0.2, -0.15) is 0 Å². The van der Waals surface area contributed by atoms with Gasteiger partial charge in [-0.15, -0.1) is 0 Å². The van der Waals surface area contributed by atoms with Crippen molar-refractivity contribution >= 4 is 5.96 Å². The molecule has 2 fully saturated rings. The first-order valence-corrected chi connectivity index (χ1v) is 7.34. The SMILES string of the molecule is CC1(C)CCCN(CCN=C(N)NC2CCC2)C1. The Morgan fingerprint density at radius 2 is 2.17 bits per heavy atom. The molecule has 4 heteroatoms. The fraction of sp³-hybridized carbons (Fsp3) is 0.929. The average Bonchev–Trinajstić information content (AvgIpc) is 2.22. The summed E-state index contributed by atoms with van der Waals surface area (Å²) in [6.45, 7) is 8.98. The molecule has 2 rings (SSSR count). The number of guanidine groups is 1. The summed E-state index contributed by atoms with van der Waals surface area (Å²) in [5.41, 5.74) is 6.34. The zero-order valence-electron chi connectivity index (χ0n) is 11.9. The Labute approximate surface area is 111 Å². The zero-order valence-corrected chi connectivity index (χ0v) is 11.9. The Morgan fingerprint density at radius 1 is 1.39 bits per heavy atom. The third-order valence-electron chi connectivity index (χ3n) is 4.14. The van der Waals surface area contributed by atoms with E-state index in [-0.39, 0.29) is 0 Å². The van der Waals surface area contributed by atoms with Crippen molar-refractivity contribution in [1.29, 1.82) is 0 Å². The summed E-state index contributed by atoms with van der Waals surface area (Å²) in [6, 6.07) is 0.586. The van der Waals surface area contributed by atoms with Gasteiger partial charge in [0, 0.05) is 19.1 Å². The molecular weight excluding hydrogens is 224 g/mol. The fourth-order valence-electron chi connectivity index (χ4n) is 2.85. The van der Waals surface area contributed by atoms with Crippen LogP contribution in [0.15, 0.2) is 4.99 Å². The number of nitrogens with zero attached hydrogens (tertiary/aromatic N) is 2. The van der Waals surface area contributed by atoms with Crippen LogP contribution in [0.3, 0.4) is 0 Å². The molecule has 0 spiro atoms. The summed E-state index contributed by atoms with van der Waals surface area (Å²) in [5.74, 6) is 0.635. The van der Waals surface area contributed by atoms with E-state index in [2.05, 4.69) is 29.1 Å². The molecule has 3 N–H and O–H groups in total. The summed E-state index contributed by atoms with van der Waals surface area (Å²) in [6.07, 6.45) is 6.48. The normalized spacial score (nSPS) is 25.8. The molecule has 0 bridgehead atoms. The molecular formula is C14H28N4. The van der Waals surface area contributed by atoms with Gasteiger partial charge in [0.1, 0.15) is 0 Å². The van der Waals surface area contributed by atoms with Crippen LogP contribution in [-0.2, 0) is 0 Å². The van der Waals surface area contributed by atoms with Gasteiger partial charge in [-0.1, -0.05) is 13.8 Å². The maximum absolute atomic E-state index is 5.87. The molecule has 0 radical (unpaired) electrons. The lowest BCUT2D eigenvalue weighted by atomic mass is 9.84. The molecule has 0 aromatic heterocycles. The van der Waals surface area contributed by atoms with Gasteiger partial charge in [-0.05, 0) is 44.1 Å². The molecule has 0 amide bonds. The number of nitrogens with one attached hydrogen (secondary N) is 1. The highest BCUT2D eigenvalue weighted by atomic mass is 15.2. The van der Waals surface area contributed by atoms with Crippen molar-refractivity contribution in [2.45, 2.75) is 52.0 Å². The molecule has 0 atom stereocenters. The maximum atomic E-state index is 5.87. The van der Waals surface area contributed by atoms with E-state index in [1.54, 1.807) is 0 Å². The van der Waals surface area contributed by atoms with E-state index >= 15 is 0 Å². The van der Waals surface area contributed by atoms with Crippen molar-refractivity contribution in [2.24, 2.45) is 16.1 Å². The first kappa shape index (κ1) is 13.7. The number of piperidine rings is 1. The number of aliphatic imine (C=N–C) groups is 1. The monoisotopic (exact) mass is 252 g/mol. The molecule has 18 heavy (non-hydrogen) atoms. The van der Waals surface area contributed by atoms with Crippen LogP contribution >= 0.6 is 0 Å². The molecule has 1 aliphatic heterocycles. The van der Waals surface area contributed by atoms with Crippen LogP contribution in [0.2, 0.25) is 0 Å². The summed E-state index contributed by atoms with van der Waals surface area (Å²) in [7, 11) is 0. The van der Waals surface area contributed by atoms with E-state index in [1.165, 1.54) is 45.2 Å². The lowest BCUT2D eigenvalue weighted by Crippen LogP contribution is -2.44. The second-order valence-electron chi connectivity index (χ2n) is 6.58. The van der Waals surface area contributed by atoms with Gasteiger partial charge in [0.2, 0.25) is 0 Å². The second-order valence-corrected chi connectivity index (χ2v) is 6.58. The molecule has 0 aromatic carbocycles. The van der Waals surface area contributed by atoms with E-state index in [0.29, 0.717) is 17.4 Å². The van der Waals surface area contributed by atoms with Gasteiger partial charge in [0.25, 0.3) is 0 Å². The van der Waals surface area contributed by atoms with Crippen molar-refractivity contribution in [3.8, 4) is 0 Å². The maximum Gasteiger partial charge on any atom is 0.188 e. The number of hydrogen-bond acceptors (Lipinski definition) is 2. The Morgan fingerprint density at radius 3 is 2.78 bits per heavy atom. The summed E-state index contributed by atoms with van der Waals surface area (Å²) in [5, 5.41) is 3.28. The predicted molar refractivity (Wildman–Crippen MR) is 76.7 cm³/mol. The molecule has 1 heterocycles. The van der Waals surface area contributed by atoms with E-state index in [9.17, 15) is 0 Å². The van der Waals surface area contributed by atoms with Crippen molar-refractivity contribution < 1.29 is 0 Å². The van der Waals surface area contributed by atoms with Gasteiger partial charge in [0.05, 0.1) is 6.54 Å². The smallest absolute Gasteiger partial charge is 0.188 e. The fourth-order valence-corrected chi connectivity index (χ4v) is 2.85. The van der Waals surface area contributed by atoms with E-state index in [1.807, 2.05) is 0 Å². The molecule has 2 aliphatic rings. The van der Waals surface area contributed by atoms with Crippen LogP contribution in [0.4, 0.5) is 0 Å². The number of nitrogens with two attached hydrogens (primary N) is 1. The topological polar surface area (TPSA) is 53.6 Å². The van der Waals surface area contributed by atoms with Gasteiger partial charge in [0.15, 0.2) is 5.96 Å². The molecule has 0 aromatic rings. The lowest BCUT2D eigenvalue weighted by Gasteiger charge is -2.37. The minimum Gasteiger partial charge on any atom is -0.370 e. The highest BCUT2D eigenvalue weighted by molar-refractivity contribution is 5.78. The number of rotatable bonds is 4. The second kappa shape index (κ2) is 5.91. The summed E-state index contributed by atoms with van der Waals surface area (Å²) < 4.78 is 0. The van der Waals surface area contributed by atoms with Crippen LogP contribution in [-0.4, -0.2) is 43.1 Å². The van der Waals surface area contributed by atoms with Crippen molar-refractivity contribution in [3.05, 3.63) is 0 Å². The largest absolute Gasteiger partial charge is 0.370 e. The van der Waals surface area contributed by atoms with Crippen molar-refractivity contribution in [2.75, 3.05) is 26.2 Å². The van der Waals surface area contributed by atoms with Gasteiger partial charge in [-0.25, -0.2) is 0 Å². The highest BCUT2D eigenvalue weighted by Gasteiger charge is 2.25. The Balaban J connectivity index is 1.65. The quantitative estimate of drug-likeness (QED) is 0.590. The predicted octanol–water partition coefficient (Wildman–Crippen LogP) is 1.57. The van der Waals surface area contributed by atoms with E-state index in [4.69, 9.17) is 5.73 Å². The lowest BCUT2D eigenvalue weighted by molar-refractivity contribution is 0.121. The van der Waals surface area contributed by atoms with Gasteiger partial charge < -0.3 is 16.0 Å². The minimum absolute atomic E-state index is 0.470. The number of hydrogen-bond donors (Lipinski definition) is 2. The Kier molecular flexibility index (Phi) is 4.49. The van der Waals surface area contributed by atoms with E-state index in [0.717, 1.165) is 13.1 Å². The first-order valence-electron chi connectivity index (χ1n) is 7.34. The first-order chi connectivity index (χ1) is 8.55. The molecule has 104 valence electrons. The Bertz CT molecular complexity index is 294. The Hall–Kier alpha value is -0.770. The number of likely N-dealkylation sites (tertiary alicyclic amines) is 1. The zero-order chi connectivity index (χ0) is 13.0. The van der Waals surface area contributed by atoms with E-state index < -0.39 is 0 Å². The average molecular weight is 252 g/mol. The van der Waals surface area contributed by atoms with Gasteiger partial charge in [-0.3, -0.25) is 4.99 Å². The minimum atomic E-state index is 0.470. The standard InChI is InChI=1S/C14H28N4/c1-14(2)7-4-9-18(11-14)10-8-16-13(15)17-12-5-3-6-12/h12H,3-11H2,1-2H3,(H3,15,16,17). The molecule has 0 unspecified atom stereocenters. The molecule has 1 saturated heterocycles. The van der Waals surface area contributed by atoms with Crippen LogP contribution in [0.1, 0.15) is 46.0 Å². The summed E-state index contributed by atoms with van der Waals surface area (Å²) >= 11 is 0. The van der Waals surface area contributed by atoms with Crippen molar-refractivity contribution in [1.82, 2.24) is 10.2 Å². The molecule has 4 nitrogen and oxygen atoms in total. The third-order valence-corrected chi connectivity index (χ3v) is 4.14. The summed E-state index contributed by atoms with van der Waals surface area (Å²) in [4.78, 5) is 6.95. The highest BCUT2D eigenvalue weighted by Crippen LogP contribution is 2.27. The van der Waals surface area contributed by atoms with Crippen LogP contribution in [0, 0.1) is 5.41 Å². The van der Waals surface area contributed by atoms with Gasteiger partial charge >= 0.3 is 0 Å². The van der Waals surface area contributed by atoms with Crippen LogP contribution in [0.5, 0.6) is 0 Å². The third kappa shape index (κ3) is 4.16. The van der Waals surface area contributed by atoms with Crippen molar-refractivity contribution in [3.63, 3.8) is 0 Å². The molecule has 1 aliphatic carbocycles.